The van der Waals surface area contributed by atoms with Gasteiger partial charge < -0.3 is 5.11 Å². The van der Waals surface area contributed by atoms with Crippen LogP contribution in [0.15, 0.2) is 12.1 Å². The third kappa shape index (κ3) is 2.11. The Morgan fingerprint density at radius 2 is 1.86 bits per heavy atom. The molecule has 0 radical (unpaired) electrons. The number of fused-ring (bicyclic) bond motifs is 3. The molecule has 2 nitrogen and oxygen atoms in total. The fourth-order valence-corrected chi connectivity index (χ4v) is 5.01. The molecule has 0 heterocycles. The molecule has 22 heavy (non-hydrogen) atoms. The first kappa shape index (κ1) is 15.6. The van der Waals surface area contributed by atoms with Crippen molar-refractivity contribution in [2.45, 2.75) is 71.6 Å². The van der Waals surface area contributed by atoms with Crippen molar-refractivity contribution in [1.29, 1.82) is 0 Å². The Balaban J connectivity index is 2.20. The largest absolute Gasteiger partial charge is 0.508 e. The van der Waals surface area contributed by atoms with Gasteiger partial charge in [0, 0.05) is 12.0 Å². The van der Waals surface area contributed by atoms with Crippen LogP contribution in [0, 0.1) is 11.3 Å². The minimum absolute atomic E-state index is 0.0119. The van der Waals surface area contributed by atoms with Gasteiger partial charge in [-0.2, -0.15) is 0 Å². The number of phenolic OH excluding ortho intramolecular Hbond substituents is 1. The zero-order valence-corrected chi connectivity index (χ0v) is 14.5. The average Bonchev–Trinajstić information content (AvgIpc) is 2.41. The molecule has 0 unspecified atom stereocenters. The highest BCUT2D eigenvalue weighted by atomic mass is 16.3. The van der Waals surface area contributed by atoms with Gasteiger partial charge in [0.15, 0.2) is 5.78 Å². The van der Waals surface area contributed by atoms with Crippen molar-refractivity contribution >= 4 is 5.78 Å². The van der Waals surface area contributed by atoms with E-state index in [1.165, 1.54) is 12.8 Å². The Hall–Kier alpha value is -1.31. The topological polar surface area (TPSA) is 37.3 Å². The van der Waals surface area contributed by atoms with E-state index in [9.17, 15) is 9.90 Å². The molecule has 1 aromatic rings. The first-order chi connectivity index (χ1) is 10.2. The highest BCUT2D eigenvalue weighted by molar-refractivity contribution is 6.00. The second kappa shape index (κ2) is 4.84. The van der Waals surface area contributed by atoms with Crippen LogP contribution in [0.3, 0.4) is 0 Å². The summed E-state index contributed by atoms with van der Waals surface area (Å²) in [6, 6.07) is 3.86. The second-order valence-electron chi connectivity index (χ2n) is 8.55. The monoisotopic (exact) mass is 300 g/mol. The third-order valence-corrected chi connectivity index (χ3v) is 6.32. The Bertz CT molecular complexity index is 627. The number of carbonyl (C=O) groups excluding carboxylic acids is 1. The Kier molecular flexibility index (Phi) is 3.43. The lowest BCUT2D eigenvalue weighted by atomic mass is 9.50. The number of aromatic hydroxyl groups is 1. The predicted octanol–water partition coefficient (Wildman–Crippen LogP) is 5.19. The smallest absolute Gasteiger partial charge is 0.163 e. The standard InChI is InChI=1S/C20H28O2/c1-12(2)13-9-14-15(10-16(13)21)20(5)8-6-7-19(3,4)18(20)11-17(14)22/h9-10,12,18,21H,6-8,11H2,1-5H3/t18-,20-/m0/s1. The molecule has 3 rings (SSSR count). The molecule has 0 amide bonds. The molecule has 120 valence electrons. The van der Waals surface area contributed by atoms with E-state index in [0.717, 1.165) is 23.1 Å². The molecular formula is C20H28O2. The number of rotatable bonds is 1. The second-order valence-corrected chi connectivity index (χ2v) is 8.55. The summed E-state index contributed by atoms with van der Waals surface area (Å²) in [5, 5.41) is 10.4. The van der Waals surface area contributed by atoms with Gasteiger partial charge in [-0.05, 0) is 58.8 Å². The molecule has 2 aliphatic carbocycles. The van der Waals surface area contributed by atoms with Crippen LogP contribution in [0.4, 0.5) is 0 Å². The summed E-state index contributed by atoms with van der Waals surface area (Å²) < 4.78 is 0. The van der Waals surface area contributed by atoms with Crippen molar-refractivity contribution in [2.75, 3.05) is 0 Å². The quantitative estimate of drug-likeness (QED) is 0.775. The zero-order valence-electron chi connectivity index (χ0n) is 14.5. The molecule has 2 heteroatoms. The fourth-order valence-electron chi connectivity index (χ4n) is 5.01. The van der Waals surface area contributed by atoms with Gasteiger partial charge in [-0.15, -0.1) is 0 Å². The highest BCUT2D eigenvalue weighted by Crippen LogP contribution is 2.57. The Morgan fingerprint density at radius 3 is 2.50 bits per heavy atom. The van der Waals surface area contributed by atoms with Gasteiger partial charge in [-0.1, -0.05) is 41.0 Å². The number of phenols is 1. The summed E-state index contributed by atoms with van der Waals surface area (Å²) in [6.45, 7) is 11.0. The minimum atomic E-state index is 0.0119. The highest BCUT2D eigenvalue weighted by Gasteiger charge is 2.52. The number of hydrogen-bond acceptors (Lipinski definition) is 2. The van der Waals surface area contributed by atoms with Gasteiger partial charge in [0.2, 0.25) is 0 Å². The Morgan fingerprint density at radius 1 is 1.18 bits per heavy atom. The normalized spacial score (nSPS) is 30.1. The van der Waals surface area contributed by atoms with Crippen molar-refractivity contribution in [2.24, 2.45) is 11.3 Å². The number of carbonyl (C=O) groups is 1. The van der Waals surface area contributed by atoms with Crippen LogP contribution in [0.1, 0.15) is 87.7 Å². The van der Waals surface area contributed by atoms with Crippen molar-refractivity contribution in [3.05, 3.63) is 28.8 Å². The van der Waals surface area contributed by atoms with Gasteiger partial charge in [0.25, 0.3) is 0 Å². The number of benzene rings is 1. The van der Waals surface area contributed by atoms with Crippen LogP contribution >= 0.6 is 0 Å². The van der Waals surface area contributed by atoms with Crippen LogP contribution in [0.25, 0.3) is 0 Å². The predicted molar refractivity (Wildman–Crippen MR) is 89.6 cm³/mol. The first-order valence-corrected chi connectivity index (χ1v) is 8.57. The summed E-state index contributed by atoms with van der Waals surface area (Å²) in [6.07, 6.45) is 4.15. The van der Waals surface area contributed by atoms with E-state index < -0.39 is 0 Å². The van der Waals surface area contributed by atoms with E-state index in [1.807, 2.05) is 12.1 Å². The molecular weight excluding hydrogens is 272 g/mol. The van der Waals surface area contributed by atoms with Crippen LogP contribution in [0.2, 0.25) is 0 Å². The lowest BCUT2D eigenvalue weighted by Gasteiger charge is -2.53. The van der Waals surface area contributed by atoms with E-state index in [0.29, 0.717) is 18.1 Å². The molecule has 0 bridgehead atoms. The van der Waals surface area contributed by atoms with Crippen LogP contribution < -0.4 is 0 Å². The zero-order chi connectivity index (χ0) is 16.3. The van der Waals surface area contributed by atoms with E-state index >= 15 is 0 Å². The van der Waals surface area contributed by atoms with Crippen LogP contribution in [0.5, 0.6) is 5.75 Å². The molecule has 2 aliphatic rings. The van der Waals surface area contributed by atoms with Gasteiger partial charge >= 0.3 is 0 Å². The molecule has 2 atom stereocenters. The molecule has 1 N–H and O–H groups in total. The molecule has 1 fully saturated rings. The number of hydrogen-bond donors (Lipinski definition) is 1. The summed E-state index contributed by atoms with van der Waals surface area (Å²) in [5.74, 6) is 1.21. The first-order valence-electron chi connectivity index (χ1n) is 8.57. The average molecular weight is 300 g/mol. The molecule has 0 aromatic heterocycles. The van der Waals surface area contributed by atoms with Gasteiger partial charge in [0.05, 0.1) is 0 Å². The molecule has 1 saturated carbocycles. The van der Waals surface area contributed by atoms with Crippen molar-refractivity contribution in [1.82, 2.24) is 0 Å². The minimum Gasteiger partial charge on any atom is -0.508 e. The van der Waals surface area contributed by atoms with E-state index in [4.69, 9.17) is 0 Å². The summed E-state index contributed by atoms with van der Waals surface area (Å²) in [7, 11) is 0. The van der Waals surface area contributed by atoms with E-state index in [-0.39, 0.29) is 22.5 Å². The van der Waals surface area contributed by atoms with Gasteiger partial charge in [-0.3, -0.25) is 4.79 Å². The Labute approximate surface area is 133 Å². The van der Waals surface area contributed by atoms with Crippen molar-refractivity contribution in [3.63, 3.8) is 0 Å². The van der Waals surface area contributed by atoms with Crippen molar-refractivity contribution in [3.8, 4) is 5.75 Å². The third-order valence-electron chi connectivity index (χ3n) is 6.32. The molecule has 0 spiro atoms. The summed E-state index contributed by atoms with van der Waals surface area (Å²) >= 11 is 0. The summed E-state index contributed by atoms with van der Waals surface area (Å²) in [5.41, 5.74) is 3.04. The van der Waals surface area contributed by atoms with Crippen molar-refractivity contribution < 1.29 is 9.90 Å². The maximum Gasteiger partial charge on any atom is 0.163 e. The number of ketones is 1. The maximum atomic E-state index is 12.8. The lowest BCUT2D eigenvalue weighted by molar-refractivity contribution is 0.0367. The van der Waals surface area contributed by atoms with Crippen LogP contribution in [-0.4, -0.2) is 10.9 Å². The molecule has 0 aliphatic heterocycles. The van der Waals surface area contributed by atoms with E-state index in [2.05, 4.69) is 34.6 Å². The molecule has 0 saturated heterocycles. The lowest BCUT2D eigenvalue weighted by Crippen LogP contribution is -2.49. The van der Waals surface area contributed by atoms with Gasteiger partial charge in [0.1, 0.15) is 5.75 Å². The fraction of sp³-hybridized carbons (Fsp3) is 0.650. The van der Waals surface area contributed by atoms with Crippen LogP contribution in [-0.2, 0) is 5.41 Å². The SMILES string of the molecule is CC(C)c1cc2c(cc1O)[C@]1(C)CCCC(C)(C)[C@@H]1CC2=O. The van der Waals surface area contributed by atoms with Gasteiger partial charge in [-0.25, -0.2) is 0 Å². The summed E-state index contributed by atoms with van der Waals surface area (Å²) in [4.78, 5) is 12.8. The molecule has 1 aromatic carbocycles. The van der Waals surface area contributed by atoms with E-state index in [1.54, 1.807) is 0 Å². The maximum absolute atomic E-state index is 12.8. The number of Topliss-reactive ketones (excluding diaryl/α,β-unsaturated/α-hetero) is 1.